The van der Waals surface area contributed by atoms with Crippen molar-refractivity contribution < 1.29 is 9.53 Å². The summed E-state index contributed by atoms with van der Waals surface area (Å²) in [6, 6.07) is 2.84. The van der Waals surface area contributed by atoms with Gasteiger partial charge in [-0.25, -0.2) is 0 Å². The molecule has 2 aliphatic heterocycles. The van der Waals surface area contributed by atoms with Gasteiger partial charge >= 0.3 is 0 Å². The maximum Gasteiger partial charge on any atom is 0.237 e. The molecule has 0 bridgehead atoms. The van der Waals surface area contributed by atoms with E-state index in [2.05, 4.69) is 32.6 Å². The van der Waals surface area contributed by atoms with Crippen LogP contribution in [0.5, 0.6) is 0 Å². The van der Waals surface area contributed by atoms with Crippen molar-refractivity contribution in [3.63, 3.8) is 0 Å². The molecule has 1 aromatic heterocycles. The lowest BCUT2D eigenvalue weighted by Crippen LogP contribution is -2.59. The molecule has 2 unspecified atom stereocenters. The quantitative estimate of drug-likeness (QED) is 0.842. The van der Waals surface area contributed by atoms with Gasteiger partial charge in [-0.1, -0.05) is 12.8 Å². The minimum absolute atomic E-state index is 0.273. The highest BCUT2D eigenvalue weighted by Crippen LogP contribution is 2.29. The average molecular weight is 332 g/mol. The zero-order valence-corrected chi connectivity index (χ0v) is 14.8. The van der Waals surface area contributed by atoms with E-state index in [-0.39, 0.29) is 12.0 Å². The number of ether oxygens (including phenoxy) is 1. The van der Waals surface area contributed by atoms with E-state index in [4.69, 9.17) is 4.74 Å². The molecule has 1 amide bonds. The number of nitrogens with zero attached hydrogens (tertiary/aromatic N) is 4. The molecule has 4 rings (SSSR count). The predicted octanol–water partition coefficient (Wildman–Crippen LogP) is 1.53. The third-order valence-corrected chi connectivity index (χ3v) is 5.74. The molecular formula is C18H28N4O2. The fourth-order valence-electron chi connectivity index (χ4n) is 4.53. The van der Waals surface area contributed by atoms with Gasteiger partial charge in [-0.2, -0.15) is 5.10 Å². The van der Waals surface area contributed by atoms with Gasteiger partial charge in [0.25, 0.3) is 0 Å². The van der Waals surface area contributed by atoms with Crippen LogP contribution in [0.4, 0.5) is 0 Å². The Morgan fingerprint density at radius 3 is 2.83 bits per heavy atom. The first kappa shape index (κ1) is 16.1. The van der Waals surface area contributed by atoms with Gasteiger partial charge in [-0.05, 0) is 32.8 Å². The third kappa shape index (κ3) is 2.97. The number of carbonyl (C=O) groups excluding carboxylic acids is 1. The number of amides is 1. The third-order valence-electron chi connectivity index (χ3n) is 5.74. The largest absolute Gasteiger partial charge is 0.374 e. The summed E-state index contributed by atoms with van der Waals surface area (Å²) in [6.45, 7) is 7.97. The molecule has 6 heteroatoms. The summed E-state index contributed by atoms with van der Waals surface area (Å²) in [5.41, 5.74) is 2.28. The van der Waals surface area contributed by atoms with Gasteiger partial charge in [0, 0.05) is 25.3 Å². The number of aryl methyl sites for hydroxylation is 2. The molecule has 3 heterocycles. The Hall–Kier alpha value is -1.40. The van der Waals surface area contributed by atoms with Crippen molar-refractivity contribution in [2.45, 2.75) is 57.7 Å². The smallest absolute Gasteiger partial charge is 0.237 e. The van der Waals surface area contributed by atoms with Crippen molar-refractivity contribution in [3.8, 4) is 0 Å². The fraction of sp³-hybridized carbons (Fsp3) is 0.778. The van der Waals surface area contributed by atoms with E-state index in [1.165, 1.54) is 18.5 Å². The highest BCUT2D eigenvalue weighted by molar-refractivity contribution is 5.79. The minimum atomic E-state index is 0.273. The molecule has 3 fully saturated rings. The molecule has 0 spiro atoms. The Kier molecular flexibility index (Phi) is 4.35. The standard InChI is InChI=1S/C18H28N4O2/c1-13-9-14(2)22(19-13)15-10-20(11-15)12-18(23)21-7-8-24-17-6-4-3-5-16(17)21/h9,15-17H,3-8,10-12H2,1-2H3. The van der Waals surface area contributed by atoms with E-state index in [0.717, 1.165) is 38.2 Å². The number of morpholine rings is 1. The first-order valence-electron chi connectivity index (χ1n) is 9.28. The van der Waals surface area contributed by atoms with Gasteiger partial charge in [0.05, 0.1) is 37.0 Å². The van der Waals surface area contributed by atoms with E-state index >= 15 is 0 Å². The van der Waals surface area contributed by atoms with Gasteiger partial charge in [0.1, 0.15) is 0 Å². The van der Waals surface area contributed by atoms with E-state index in [9.17, 15) is 4.79 Å². The van der Waals surface area contributed by atoms with E-state index in [1.54, 1.807) is 0 Å². The van der Waals surface area contributed by atoms with Gasteiger partial charge in [-0.3, -0.25) is 14.4 Å². The molecule has 0 aromatic carbocycles. The van der Waals surface area contributed by atoms with Crippen molar-refractivity contribution in [2.75, 3.05) is 32.8 Å². The predicted molar refractivity (Wildman–Crippen MR) is 90.9 cm³/mol. The highest BCUT2D eigenvalue weighted by atomic mass is 16.5. The van der Waals surface area contributed by atoms with Crippen molar-refractivity contribution >= 4 is 5.91 Å². The number of aromatic nitrogens is 2. The van der Waals surface area contributed by atoms with Crippen LogP contribution in [0.25, 0.3) is 0 Å². The maximum absolute atomic E-state index is 12.8. The fourth-order valence-corrected chi connectivity index (χ4v) is 4.53. The second-order valence-corrected chi connectivity index (χ2v) is 7.57. The number of rotatable bonds is 3. The number of fused-ring (bicyclic) bond motifs is 1. The van der Waals surface area contributed by atoms with Crippen molar-refractivity contribution in [1.82, 2.24) is 19.6 Å². The van der Waals surface area contributed by atoms with Gasteiger partial charge < -0.3 is 9.64 Å². The van der Waals surface area contributed by atoms with Crippen LogP contribution >= 0.6 is 0 Å². The van der Waals surface area contributed by atoms with Crippen LogP contribution in [-0.4, -0.2) is 70.4 Å². The summed E-state index contributed by atoms with van der Waals surface area (Å²) in [7, 11) is 0. The molecule has 1 saturated carbocycles. The van der Waals surface area contributed by atoms with E-state index in [0.29, 0.717) is 25.2 Å². The molecule has 24 heavy (non-hydrogen) atoms. The Labute approximate surface area is 143 Å². The number of hydrogen-bond acceptors (Lipinski definition) is 4. The Balaban J connectivity index is 1.32. The van der Waals surface area contributed by atoms with Gasteiger partial charge in [0.2, 0.25) is 5.91 Å². The van der Waals surface area contributed by atoms with Crippen LogP contribution < -0.4 is 0 Å². The molecule has 2 saturated heterocycles. The zero-order chi connectivity index (χ0) is 16.7. The lowest BCUT2D eigenvalue weighted by atomic mass is 9.90. The second-order valence-electron chi connectivity index (χ2n) is 7.57. The lowest BCUT2D eigenvalue weighted by molar-refractivity contribution is -0.152. The van der Waals surface area contributed by atoms with E-state index in [1.807, 2.05) is 6.92 Å². The Morgan fingerprint density at radius 1 is 1.29 bits per heavy atom. The van der Waals surface area contributed by atoms with Crippen LogP contribution in [0.2, 0.25) is 0 Å². The van der Waals surface area contributed by atoms with Gasteiger partial charge in [0.15, 0.2) is 0 Å². The molecule has 1 aromatic rings. The lowest BCUT2D eigenvalue weighted by Gasteiger charge is -2.45. The molecule has 6 nitrogen and oxygen atoms in total. The molecule has 132 valence electrons. The number of carbonyl (C=O) groups is 1. The van der Waals surface area contributed by atoms with Crippen LogP contribution in [0, 0.1) is 13.8 Å². The van der Waals surface area contributed by atoms with E-state index < -0.39 is 0 Å². The summed E-state index contributed by atoms with van der Waals surface area (Å²) in [5.74, 6) is 0.280. The first-order chi connectivity index (χ1) is 11.6. The maximum atomic E-state index is 12.8. The number of hydrogen-bond donors (Lipinski definition) is 0. The van der Waals surface area contributed by atoms with Crippen molar-refractivity contribution in [3.05, 3.63) is 17.5 Å². The van der Waals surface area contributed by atoms with Crippen LogP contribution in [0.3, 0.4) is 0 Å². The zero-order valence-electron chi connectivity index (χ0n) is 14.8. The molecule has 1 aliphatic carbocycles. The summed E-state index contributed by atoms with van der Waals surface area (Å²) < 4.78 is 7.99. The van der Waals surface area contributed by atoms with Crippen molar-refractivity contribution in [2.24, 2.45) is 0 Å². The highest BCUT2D eigenvalue weighted by Gasteiger charge is 2.38. The number of likely N-dealkylation sites (tertiary alicyclic amines) is 1. The summed E-state index contributed by atoms with van der Waals surface area (Å²) in [4.78, 5) is 17.1. The summed E-state index contributed by atoms with van der Waals surface area (Å²) in [5, 5.41) is 4.57. The molecule has 2 atom stereocenters. The topological polar surface area (TPSA) is 50.6 Å². The SMILES string of the molecule is Cc1cc(C)n(C2CN(CC(=O)N3CCOC4CCCCC43)C2)n1. The minimum Gasteiger partial charge on any atom is -0.374 e. The monoisotopic (exact) mass is 332 g/mol. The average Bonchev–Trinajstić information content (AvgIpc) is 2.87. The molecule has 3 aliphatic rings. The van der Waals surface area contributed by atoms with Crippen LogP contribution in [0.1, 0.15) is 43.1 Å². The van der Waals surface area contributed by atoms with Crippen LogP contribution in [-0.2, 0) is 9.53 Å². The van der Waals surface area contributed by atoms with Gasteiger partial charge in [-0.15, -0.1) is 0 Å². The normalized spacial score (nSPS) is 28.5. The molecule has 0 N–H and O–H groups in total. The Bertz CT molecular complexity index is 606. The Morgan fingerprint density at radius 2 is 2.08 bits per heavy atom. The molecule has 0 radical (unpaired) electrons. The van der Waals surface area contributed by atoms with Crippen LogP contribution in [0.15, 0.2) is 6.07 Å². The van der Waals surface area contributed by atoms with Crippen molar-refractivity contribution in [1.29, 1.82) is 0 Å². The molecular weight excluding hydrogens is 304 g/mol. The summed E-state index contributed by atoms with van der Waals surface area (Å²) >= 11 is 0. The summed E-state index contributed by atoms with van der Waals surface area (Å²) in [6.07, 6.45) is 4.94. The first-order valence-corrected chi connectivity index (χ1v) is 9.28. The second kappa shape index (κ2) is 6.48.